The number of urea groups is 1. The minimum Gasteiger partial charge on any atom is -0.379 e. The molecule has 2 amide bonds. The Hall–Kier alpha value is -4.51. The maximum Gasteiger partial charge on any atom is 0.324 e. The van der Waals surface area contributed by atoms with Gasteiger partial charge in [0.15, 0.2) is 0 Å². The normalized spacial score (nSPS) is 14.5. The molecule has 0 atom stereocenters. The standard InChI is InChI=1S/C33H40N8O2/c1-6-25(22-39(5)34)41-31(19-30(38-41)33(2,3)4)37-32(42)36-29-14-13-26(27-9-7-8-10-28(27)29)23-11-12-24(35-20-23)21-40-15-17-43-18-16-40/h6-14,19-20,22H,1,15-18,21,34H2,2-5H3,(H2,36,37,42)/b25-22+. The number of pyridine rings is 1. The average Bonchev–Trinajstić information content (AvgIpc) is 3.41. The lowest BCUT2D eigenvalue weighted by Crippen LogP contribution is -2.35. The van der Waals surface area contributed by atoms with Gasteiger partial charge in [-0.05, 0) is 29.2 Å². The van der Waals surface area contributed by atoms with Crippen molar-refractivity contribution < 1.29 is 9.53 Å². The number of fused-ring (bicyclic) bond motifs is 1. The number of allylic oxidation sites excluding steroid dienone is 2. The highest BCUT2D eigenvalue weighted by Crippen LogP contribution is 2.33. The van der Waals surface area contributed by atoms with Gasteiger partial charge in [0.2, 0.25) is 0 Å². The number of nitrogens with one attached hydrogen (secondary N) is 2. The zero-order valence-corrected chi connectivity index (χ0v) is 25.3. The number of ether oxygens (including phenoxy) is 1. The third-order valence-corrected chi connectivity index (χ3v) is 7.31. The number of carbonyl (C=O) groups is 1. The fourth-order valence-electron chi connectivity index (χ4n) is 5.03. The van der Waals surface area contributed by atoms with Crippen LogP contribution in [0, 0.1) is 0 Å². The highest BCUT2D eigenvalue weighted by atomic mass is 16.5. The van der Waals surface area contributed by atoms with Crippen LogP contribution in [0.1, 0.15) is 32.2 Å². The third kappa shape index (κ3) is 7.11. The molecule has 1 fully saturated rings. The zero-order chi connectivity index (χ0) is 30.6. The van der Waals surface area contributed by atoms with Crippen molar-refractivity contribution in [3.05, 3.63) is 91.0 Å². The van der Waals surface area contributed by atoms with Crippen LogP contribution < -0.4 is 16.5 Å². The van der Waals surface area contributed by atoms with E-state index in [9.17, 15) is 4.79 Å². The lowest BCUT2D eigenvalue weighted by atomic mass is 9.92. The maximum atomic E-state index is 13.4. The number of rotatable bonds is 8. The number of benzene rings is 2. The number of aromatic nitrogens is 3. The van der Waals surface area contributed by atoms with Crippen molar-refractivity contribution in [2.24, 2.45) is 5.84 Å². The summed E-state index contributed by atoms with van der Waals surface area (Å²) in [7, 11) is 1.71. The summed E-state index contributed by atoms with van der Waals surface area (Å²) in [6.07, 6.45) is 5.25. The number of carbonyl (C=O) groups excluding carboxylic acids is 1. The topological polar surface area (TPSA) is 114 Å². The van der Waals surface area contributed by atoms with Crippen molar-refractivity contribution in [3.8, 4) is 11.1 Å². The molecule has 0 bridgehead atoms. The lowest BCUT2D eigenvalue weighted by Gasteiger charge is -2.26. The fourth-order valence-corrected chi connectivity index (χ4v) is 5.03. The van der Waals surface area contributed by atoms with Gasteiger partial charge in [-0.2, -0.15) is 5.10 Å². The number of hydrogen-bond acceptors (Lipinski definition) is 7. The summed E-state index contributed by atoms with van der Waals surface area (Å²) in [6, 6.07) is 17.7. The number of hydrogen-bond donors (Lipinski definition) is 3. The Labute approximate surface area is 252 Å². The molecule has 43 heavy (non-hydrogen) atoms. The smallest absolute Gasteiger partial charge is 0.324 e. The van der Waals surface area contributed by atoms with Gasteiger partial charge in [-0.3, -0.25) is 15.2 Å². The van der Waals surface area contributed by atoms with E-state index in [0.29, 0.717) is 17.2 Å². The second-order valence-electron chi connectivity index (χ2n) is 11.7. The molecule has 1 saturated heterocycles. The molecule has 5 rings (SSSR count). The van der Waals surface area contributed by atoms with Gasteiger partial charge in [0.1, 0.15) is 5.82 Å². The van der Waals surface area contributed by atoms with Crippen LogP contribution >= 0.6 is 0 Å². The summed E-state index contributed by atoms with van der Waals surface area (Å²) in [5.74, 6) is 6.36. The molecule has 0 unspecified atom stereocenters. The van der Waals surface area contributed by atoms with Crippen LogP contribution in [0.15, 0.2) is 79.6 Å². The van der Waals surface area contributed by atoms with Gasteiger partial charge in [-0.15, -0.1) is 0 Å². The van der Waals surface area contributed by atoms with E-state index >= 15 is 0 Å². The molecule has 0 aliphatic carbocycles. The van der Waals surface area contributed by atoms with Crippen molar-refractivity contribution >= 4 is 34.0 Å². The Bertz CT molecular complexity index is 1630. The van der Waals surface area contributed by atoms with Gasteiger partial charge in [-0.1, -0.05) is 63.7 Å². The average molecular weight is 581 g/mol. The van der Waals surface area contributed by atoms with Crippen molar-refractivity contribution in [1.82, 2.24) is 24.7 Å². The van der Waals surface area contributed by atoms with E-state index < -0.39 is 6.03 Å². The van der Waals surface area contributed by atoms with Crippen molar-refractivity contribution in [1.29, 1.82) is 0 Å². The van der Waals surface area contributed by atoms with Crippen molar-refractivity contribution in [2.75, 3.05) is 44.0 Å². The largest absolute Gasteiger partial charge is 0.379 e. The molecule has 2 aromatic carbocycles. The number of anilines is 2. The molecule has 1 aliphatic heterocycles. The first kappa shape index (κ1) is 30.0. The van der Waals surface area contributed by atoms with Crippen LogP contribution in [-0.4, -0.2) is 64.1 Å². The van der Waals surface area contributed by atoms with Gasteiger partial charge in [0.05, 0.1) is 36.0 Å². The summed E-state index contributed by atoms with van der Waals surface area (Å²) < 4.78 is 7.09. The number of amides is 2. The van der Waals surface area contributed by atoms with Crippen LogP contribution in [0.3, 0.4) is 0 Å². The fraction of sp³-hybridized carbons (Fsp3) is 0.303. The monoisotopic (exact) mass is 580 g/mol. The van der Waals surface area contributed by atoms with E-state index in [4.69, 9.17) is 20.7 Å². The van der Waals surface area contributed by atoms with Crippen LogP contribution in [-0.2, 0) is 16.7 Å². The number of nitrogens with zero attached hydrogens (tertiary/aromatic N) is 5. The summed E-state index contributed by atoms with van der Waals surface area (Å²) in [5, 5.41) is 14.1. The molecular weight excluding hydrogens is 540 g/mol. The van der Waals surface area contributed by atoms with E-state index in [1.807, 2.05) is 42.6 Å². The van der Waals surface area contributed by atoms with E-state index in [1.165, 1.54) is 5.01 Å². The van der Waals surface area contributed by atoms with Crippen LogP contribution in [0.25, 0.3) is 27.6 Å². The van der Waals surface area contributed by atoms with Crippen molar-refractivity contribution in [3.63, 3.8) is 0 Å². The Kier molecular flexibility index (Phi) is 8.91. The first-order valence-electron chi connectivity index (χ1n) is 14.4. The van der Waals surface area contributed by atoms with E-state index in [2.05, 4.69) is 61.1 Å². The molecule has 10 heteroatoms. The van der Waals surface area contributed by atoms with E-state index in [-0.39, 0.29) is 5.41 Å². The highest BCUT2D eigenvalue weighted by Gasteiger charge is 2.22. The lowest BCUT2D eigenvalue weighted by molar-refractivity contribution is 0.0336. The second kappa shape index (κ2) is 12.8. The summed E-state index contributed by atoms with van der Waals surface area (Å²) in [4.78, 5) is 20.5. The first-order valence-corrected chi connectivity index (χ1v) is 14.4. The zero-order valence-electron chi connectivity index (χ0n) is 25.3. The van der Waals surface area contributed by atoms with Crippen LogP contribution in [0.4, 0.5) is 16.3 Å². The van der Waals surface area contributed by atoms with Gasteiger partial charge < -0.3 is 15.1 Å². The number of hydrazine groups is 1. The van der Waals surface area contributed by atoms with E-state index in [1.54, 1.807) is 24.0 Å². The molecule has 224 valence electrons. The minimum absolute atomic E-state index is 0.235. The molecule has 3 heterocycles. The number of nitrogens with two attached hydrogens (primary N) is 1. The molecular formula is C33H40N8O2. The van der Waals surface area contributed by atoms with Gasteiger partial charge in [0.25, 0.3) is 0 Å². The molecule has 4 aromatic rings. The molecule has 2 aromatic heterocycles. The van der Waals surface area contributed by atoms with Crippen LogP contribution in [0.2, 0.25) is 0 Å². The predicted octanol–water partition coefficient (Wildman–Crippen LogP) is 5.66. The molecule has 0 saturated carbocycles. The molecule has 4 N–H and O–H groups in total. The highest BCUT2D eigenvalue weighted by molar-refractivity contribution is 6.09. The Morgan fingerprint density at radius 1 is 1.09 bits per heavy atom. The number of morpholine rings is 1. The van der Waals surface area contributed by atoms with E-state index in [0.717, 1.165) is 66.1 Å². The SMILES string of the molecule is C=C/C(=C\N(C)N)n1nc(C(C)(C)C)cc1NC(=O)Nc1ccc(-c2ccc(CN3CCOCC3)nc2)c2ccccc12. The third-order valence-electron chi connectivity index (χ3n) is 7.31. The maximum absolute atomic E-state index is 13.4. The first-order chi connectivity index (χ1) is 20.6. The molecule has 0 radical (unpaired) electrons. The molecule has 1 aliphatic rings. The summed E-state index contributed by atoms with van der Waals surface area (Å²) in [6.45, 7) is 14.3. The summed E-state index contributed by atoms with van der Waals surface area (Å²) in [5.41, 5.74) is 4.99. The quantitative estimate of drug-likeness (QED) is 0.140. The second-order valence-corrected chi connectivity index (χ2v) is 11.7. The Balaban J connectivity index is 1.39. The van der Waals surface area contributed by atoms with Crippen molar-refractivity contribution in [2.45, 2.75) is 32.7 Å². The Morgan fingerprint density at radius 3 is 2.49 bits per heavy atom. The molecule has 10 nitrogen and oxygen atoms in total. The van der Waals surface area contributed by atoms with Crippen LogP contribution in [0.5, 0.6) is 0 Å². The van der Waals surface area contributed by atoms with Gasteiger partial charge in [0, 0.05) is 61.5 Å². The predicted molar refractivity (Wildman–Crippen MR) is 173 cm³/mol. The summed E-state index contributed by atoms with van der Waals surface area (Å²) >= 11 is 0. The van der Waals surface area contributed by atoms with Gasteiger partial charge in [-0.25, -0.2) is 15.3 Å². The molecule has 0 spiro atoms. The van der Waals surface area contributed by atoms with Gasteiger partial charge >= 0.3 is 6.03 Å². The Morgan fingerprint density at radius 2 is 1.84 bits per heavy atom. The minimum atomic E-state index is -0.391.